The molecule has 6 heteroatoms. The standard InChI is InChI=1S/C20H16N2O4/c1-2-12-3-8-19(25-13-4-6-17(23)15(21)10-13)20(9-12)26-14-5-7-18(24)16(22)11-14/h1,3-11,23-24H,21-22H2. The van der Waals surface area contributed by atoms with Gasteiger partial charge in [0.25, 0.3) is 0 Å². The van der Waals surface area contributed by atoms with Crippen LogP contribution in [0.4, 0.5) is 11.4 Å². The van der Waals surface area contributed by atoms with Crippen molar-refractivity contribution >= 4 is 11.4 Å². The summed E-state index contributed by atoms with van der Waals surface area (Å²) in [6, 6.07) is 14.0. The van der Waals surface area contributed by atoms with Gasteiger partial charge in [-0.2, -0.15) is 0 Å². The predicted molar refractivity (Wildman–Crippen MR) is 99.6 cm³/mol. The fourth-order valence-electron chi connectivity index (χ4n) is 2.21. The zero-order valence-electron chi connectivity index (χ0n) is 13.6. The lowest BCUT2D eigenvalue weighted by Crippen LogP contribution is -1.94. The molecule has 0 bridgehead atoms. The van der Waals surface area contributed by atoms with E-state index in [9.17, 15) is 10.2 Å². The lowest BCUT2D eigenvalue weighted by Gasteiger charge is -2.14. The van der Waals surface area contributed by atoms with Crippen molar-refractivity contribution in [2.24, 2.45) is 0 Å². The van der Waals surface area contributed by atoms with E-state index >= 15 is 0 Å². The average Bonchev–Trinajstić information content (AvgIpc) is 2.62. The van der Waals surface area contributed by atoms with Crippen molar-refractivity contribution in [3.63, 3.8) is 0 Å². The third-order valence-corrected chi connectivity index (χ3v) is 3.56. The van der Waals surface area contributed by atoms with Crippen molar-refractivity contribution in [1.82, 2.24) is 0 Å². The molecule has 6 nitrogen and oxygen atoms in total. The van der Waals surface area contributed by atoms with Gasteiger partial charge in [-0.25, -0.2) is 0 Å². The Morgan fingerprint density at radius 3 is 1.77 bits per heavy atom. The largest absolute Gasteiger partial charge is 0.506 e. The van der Waals surface area contributed by atoms with Crippen molar-refractivity contribution in [2.75, 3.05) is 11.5 Å². The van der Waals surface area contributed by atoms with E-state index in [1.54, 1.807) is 30.3 Å². The predicted octanol–water partition coefficient (Wildman–Crippen LogP) is 3.83. The third kappa shape index (κ3) is 3.57. The van der Waals surface area contributed by atoms with E-state index in [1.165, 1.54) is 24.3 Å². The highest BCUT2D eigenvalue weighted by atomic mass is 16.5. The Morgan fingerprint density at radius 2 is 1.27 bits per heavy atom. The summed E-state index contributed by atoms with van der Waals surface area (Å²) in [6.45, 7) is 0. The molecule has 3 aromatic rings. The Hall–Kier alpha value is -3.98. The van der Waals surface area contributed by atoms with Crippen LogP contribution in [0.3, 0.4) is 0 Å². The molecule has 26 heavy (non-hydrogen) atoms. The van der Waals surface area contributed by atoms with Crippen LogP contribution < -0.4 is 20.9 Å². The zero-order valence-corrected chi connectivity index (χ0v) is 13.6. The topological polar surface area (TPSA) is 111 Å². The fourth-order valence-corrected chi connectivity index (χ4v) is 2.21. The minimum atomic E-state index is -0.0363. The Bertz CT molecular complexity index is 1010. The van der Waals surface area contributed by atoms with Gasteiger partial charge in [0.15, 0.2) is 11.5 Å². The molecule has 0 aliphatic heterocycles. The van der Waals surface area contributed by atoms with E-state index in [2.05, 4.69) is 5.92 Å². The number of rotatable bonds is 4. The van der Waals surface area contributed by atoms with Crippen LogP contribution in [-0.4, -0.2) is 10.2 Å². The van der Waals surface area contributed by atoms with Gasteiger partial charge < -0.3 is 31.2 Å². The van der Waals surface area contributed by atoms with Crippen LogP contribution in [0.2, 0.25) is 0 Å². The molecule has 0 atom stereocenters. The molecular weight excluding hydrogens is 332 g/mol. The molecule has 0 unspecified atom stereocenters. The number of hydrogen-bond acceptors (Lipinski definition) is 6. The first-order valence-corrected chi connectivity index (χ1v) is 7.59. The second kappa shape index (κ2) is 6.87. The number of phenolic OH excluding ortho intramolecular Hbond substituents is 2. The average molecular weight is 348 g/mol. The van der Waals surface area contributed by atoms with Gasteiger partial charge in [0.2, 0.25) is 0 Å². The van der Waals surface area contributed by atoms with Gasteiger partial charge in [-0.05, 0) is 36.4 Å². The van der Waals surface area contributed by atoms with E-state index in [4.69, 9.17) is 27.4 Å². The number of hydrogen-bond donors (Lipinski definition) is 4. The number of phenols is 2. The van der Waals surface area contributed by atoms with Gasteiger partial charge in [0, 0.05) is 23.8 Å². The zero-order chi connectivity index (χ0) is 18.7. The number of anilines is 2. The molecule has 3 rings (SSSR count). The molecule has 0 aliphatic rings. The molecular formula is C20H16N2O4. The van der Waals surface area contributed by atoms with Crippen molar-refractivity contribution in [3.8, 4) is 46.8 Å². The van der Waals surface area contributed by atoms with E-state index in [0.717, 1.165) is 0 Å². The van der Waals surface area contributed by atoms with Gasteiger partial charge in [0.05, 0.1) is 11.4 Å². The van der Waals surface area contributed by atoms with Gasteiger partial charge in [-0.15, -0.1) is 6.42 Å². The first-order valence-electron chi connectivity index (χ1n) is 7.59. The summed E-state index contributed by atoms with van der Waals surface area (Å²) in [7, 11) is 0. The molecule has 0 aliphatic carbocycles. The highest BCUT2D eigenvalue weighted by Gasteiger charge is 2.11. The third-order valence-electron chi connectivity index (χ3n) is 3.56. The molecule has 6 N–H and O–H groups in total. The molecule has 0 saturated carbocycles. The summed E-state index contributed by atoms with van der Waals surface area (Å²) in [4.78, 5) is 0. The van der Waals surface area contributed by atoms with Crippen LogP contribution in [0.1, 0.15) is 5.56 Å². The molecule has 130 valence electrons. The molecule has 0 aromatic heterocycles. The smallest absolute Gasteiger partial charge is 0.171 e. The van der Waals surface area contributed by atoms with Crippen LogP contribution in [0.15, 0.2) is 54.6 Å². The van der Waals surface area contributed by atoms with Crippen LogP contribution in [0.25, 0.3) is 0 Å². The van der Waals surface area contributed by atoms with Crippen molar-refractivity contribution in [1.29, 1.82) is 0 Å². The second-order valence-corrected chi connectivity index (χ2v) is 5.45. The van der Waals surface area contributed by atoms with Crippen molar-refractivity contribution in [3.05, 3.63) is 60.2 Å². The highest BCUT2D eigenvalue weighted by molar-refractivity contribution is 5.59. The first-order chi connectivity index (χ1) is 12.5. The Morgan fingerprint density at radius 1 is 0.731 bits per heavy atom. The maximum Gasteiger partial charge on any atom is 0.171 e. The summed E-state index contributed by atoms with van der Waals surface area (Å²) < 4.78 is 11.6. The maximum absolute atomic E-state index is 9.53. The van der Waals surface area contributed by atoms with Gasteiger partial charge in [-0.3, -0.25) is 0 Å². The first kappa shape index (κ1) is 16.9. The summed E-state index contributed by atoms with van der Waals surface area (Å²) in [5.74, 6) is 4.04. The van der Waals surface area contributed by atoms with E-state index in [0.29, 0.717) is 28.6 Å². The minimum absolute atomic E-state index is 0.0314. The lowest BCUT2D eigenvalue weighted by atomic mass is 10.2. The molecule has 3 aromatic carbocycles. The normalized spacial score (nSPS) is 10.1. The van der Waals surface area contributed by atoms with E-state index < -0.39 is 0 Å². The molecule has 0 radical (unpaired) electrons. The summed E-state index contributed by atoms with van der Waals surface area (Å²) >= 11 is 0. The molecule has 0 heterocycles. The van der Waals surface area contributed by atoms with Gasteiger partial charge in [0.1, 0.15) is 23.0 Å². The number of aromatic hydroxyl groups is 2. The Labute approximate surface area is 150 Å². The second-order valence-electron chi connectivity index (χ2n) is 5.45. The number of nitrogens with two attached hydrogens (primary N) is 2. The molecule has 0 fully saturated rings. The van der Waals surface area contributed by atoms with E-state index in [1.807, 2.05) is 0 Å². The van der Waals surface area contributed by atoms with Crippen LogP contribution in [0, 0.1) is 12.3 Å². The fraction of sp³-hybridized carbons (Fsp3) is 0. The van der Waals surface area contributed by atoms with Crippen LogP contribution in [0.5, 0.6) is 34.5 Å². The SMILES string of the molecule is C#Cc1ccc(Oc2ccc(O)c(N)c2)c(Oc2ccc(O)c(N)c2)c1. The number of ether oxygens (including phenoxy) is 2. The van der Waals surface area contributed by atoms with Gasteiger partial charge in [-0.1, -0.05) is 5.92 Å². The van der Waals surface area contributed by atoms with Crippen LogP contribution >= 0.6 is 0 Å². The highest BCUT2D eigenvalue weighted by Crippen LogP contribution is 2.38. The molecule has 0 saturated heterocycles. The number of benzene rings is 3. The maximum atomic E-state index is 9.53. The number of nitrogen functional groups attached to an aromatic ring is 2. The van der Waals surface area contributed by atoms with Crippen molar-refractivity contribution in [2.45, 2.75) is 0 Å². The van der Waals surface area contributed by atoms with Crippen molar-refractivity contribution < 1.29 is 19.7 Å². The monoisotopic (exact) mass is 348 g/mol. The van der Waals surface area contributed by atoms with E-state index in [-0.39, 0.29) is 22.9 Å². The summed E-state index contributed by atoms with van der Waals surface area (Å²) in [6.07, 6.45) is 5.45. The van der Waals surface area contributed by atoms with Crippen LogP contribution in [-0.2, 0) is 0 Å². The molecule has 0 amide bonds. The minimum Gasteiger partial charge on any atom is -0.506 e. The Balaban J connectivity index is 1.95. The quantitative estimate of drug-likeness (QED) is 0.324. The summed E-state index contributed by atoms with van der Waals surface area (Å²) in [5.41, 5.74) is 12.4. The molecule has 0 spiro atoms. The Kier molecular flexibility index (Phi) is 4.46. The lowest BCUT2D eigenvalue weighted by molar-refractivity contribution is 0.416. The van der Waals surface area contributed by atoms with Gasteiger partial charge >= 0.3 is 0 Å². The summed E-state index contributed by atoms with van der Waals surface area (Å²) in [5, 5.41) is 19.0. The number of terminal acetylenes is 1.